The molecule has 5 heteroatoms. The lowest BCUT2D eigenvalue weighted by Crippen LogP contribution is -2.30. The van der Waals surface area contributed by atoms with E-state index in [1.165, 1.54) is 0 Å². The molecular weight excluding hydrogens is 154 g/mol. The van der Waals surface area contributed by atoms with Crippen LogP contribution in [0, 0.1) is 0 Å². The highest BCUT2D eigenvalue weighted by molar-refractivity contribution is 5.26. The normalized spacial score (nSPS) is 11.8. The van der Waals surface area contributed by atoms with Gasteiger partial charge in [0.15, 0.2) is 0 Å². The minimum Gasteiger partial charge on any atom is -0.346 e. The molecular formula is C7H15N5. The van der Waals surface area contributed by atoms with E-state index in [0.717, 1.165) is 0 Å². The largest absolute Gasteiger partial charge is 0.346 e. The van der Waals surface area contributed by atoms with Gasteiger partial charge in [0.2, 0.25) is 5.95 Å². The molecule has 0 saturated heterocycles. The van der Waals surface area contributed by atoms with Crippen molar-refractivity contribution < 1.29 is 0 Å². The SMILES string of the molecule is CN(C)c1n[nH]c(C(C)(C)N)n1. The topological polar surface area (TPSA) is 70.8 Å². The molecule has 1 heterocycles. The van der Waals surface area contributed by atoms with Crippen LogP contribution in [0.1, 0.15) is 19.7 Å². The highest BCUT2D eigenvalue weighted by atomic mass is 15.3. The fourth-order valence-corrected chi connectivity index (χ4v) is 0.741. The lowest BCUT2D eigenvalue weighted by atomic mass is 10.1. The van der Waals surface area contributed by atoms with Gasteiger partial charge in [0.05, 0.1) is 5.54 Å². The van der Waals surface area contributed by atoms with E-state index in [1.54, 1.807) is 0 Å². The second-order valence-corrected chi connectivity index (χ2v) is 3.60. The van der Waals surface area contributed by atoms with Crippen molar-refractivity contribution in [3.8, 4) is 0 Å². The zero-order valence-corrected chi connectivity index (χ0v) is 7.92. The van der Waals surface area contributed by atoms with Gasteiger partial charge in [0.1, 0.15) is 5.82 Å². The molecule has 0 unspecified atom stereocenters. The van der Waals surface area contributed by atoms with Crippen LogP contribution < -0.4 is 10.6 Å². The van der Waals surface area contributed by atoms with Gasteiger partial charge in [0, 0.05) is 14.1 Å². The van der Waals surface area contributed by atoms with E-state index < -0.39 is 5.54 Å². The highest BCUT2D eigenvalue weighted by Gasteiger charge is 2.19. The Kier molecular flexibility index (Phi) is 2.06. The Hall–Kier alpha value is -1.10. The molecule has 0 saturated carbocycles. The summed E-state index contributed by atoms with van der Waals surface area (Å²) < 4.78 is 0. The van der Waals surface area contributed by atoms with Crippen LogP contribution in [0.5, 0.6) is 0 Å². The summed E-state index contributed by atoms with van der Waals surface area (Å²) in [7, 11) is 3.77. The number of rotatable bonds is 2. The monoisotopic (exact) mass is 169 g/mol. The predicted octanol–water partition coefficient (Wildman–Crippen LogP) is 0.0645. The van der Waals surface area contributed by atoms with Crippen LogP contribution in [0.4, 0.5) is 5.95 Å². The van der Waals surface area contributed by atoms with E-state index in [0.29, 0.717) is 11.8 Å². The zero-order chi connectivity index (χ0) is 9.35. The first-order valence-corrected chi connectivity index (χ1v) is 3.80. The van der Waals surface area contributed by atoms with Gasteiger partial charge in [-0.3, -0.25) is 5.10 Å². The third-order valence-corrected chi connectivity index (χ3v) is 1.48. The molecule has 0 spiro atoms. The number of nitrogens with two attached hydrogens (primary N) is 1. The highest BCUT2D eigenvalue weighted by Crippen LogP contribution is 2.13. The van der Waals surface area contributed by atoms with Crippen molar-refractivity contribution >= 4 is 5.95 Å². The van der Waals surface area contributed by atoms with Gasteiger partial charge in [-0.2, -0.15) is 4.98 Å². The summed E-state index contributed by atoms with van der Waals surface area (Å²) in [4.78, 5) is 6.04. The molecule has 1 aromatic rings. The van der Waals surface area contributed by atoms with Crippen molar-refractivity contribution in [3.63, 3.8) is 0 Å². The third kappa shape index (κ3) is 1.73. The molecule has 5 nitrogen and oxygen atoms in total. The molecule has 0 aliphatic carbocycles. The standard InChI is InChI=1S/C7H15N5/c1-7(2,8)5-9-6(11-10-5)12(3)4/h8H2,1-4H3,(H,9,10,11). The van der Waals surface area contributed by atoms with Gasteiger partial charge in [-0.1, -0.05) is 0 Å². The third-order valence-electron chi connectivity index (χ3n) is 1.48. The second-order valence-electron chi connectivity index (χ2n) is 3.60. The van der Waals surface area contributed by atoms with E-state index in [1.807, 2.05) is 32.8 Å². The summed E-state index contributed by atoms with van der Waals surface area (Å²) in [6.07, 6.45) is 0. The molecule has 68 valence electrons. The minimum atomic E-state index is -0.457. The van der Waals surface area contributed by atoms with E-state index in [2.05, 4.69) is 15.2 Å². The Bertz CT molecular complexity index is 257. The smallest absolute Gasteiger partial charge is 0.244 e. The quantitative estimate of drug-likeness (QED) is 0.657. The Balaban J connectivity index is 2.92. The van der Waals surface area contributed by atoms with Gasteiger partial charge in [-0.05, 0) is 13.8 Å². The predicted molar refractivity (Wildman–Crippen MR) is 47.9 cm³/mol. The molecule has 0 aliphatic heterocycles. The molecule has 0 radical (unpaired) electrons. The Morgan fingerprint density at radius 2 is 2.00 bits per heavy atom. The maximum Gasteiger partial charge on any atom is 0.244 e. The van der Waals surface area contributed by atoms with E-state index in [-0.39, 0.29) is 0 Å². The summed E-state index contributed by atoms with van der Waals surface area (Å²) in [5.41, 5.74) is 5.36. The number of H-pyrrole nitrogens is 1. The molecule has 0 aromatic carbocycles. The average molecular weight is 169 g/mol. The van der Waals surface area contributed by atoms with Gasteiger partial charge in [-0.25, -0.2) is 0 Å². The molecule has 1 aromatic heterocycles. The zero-order valence-electron chi connectivity index (χ0n) is 7.92. The average Bonchev–Trinajstić information content (AvgIpc) is 2.30. The van der Waals surface area contributed by atoms with Crippen LogP contribution in [0.2, 0.25) is 0 Å². The number of aromatic nitrogens is 3. The van der Waals surface area contributed by atoms with E-state index >= 15 is 0 Å². The van der Waals surface area contributed by atoms with Crippen molar-refractivity contribution in [2.45, 2.75) is 19.4 Å². The molecule has 0 amide bonds. The van der Waals surface area contributed by atoms with E-state index in [4.69, 9.17) is 5.73 Å². The molecule has 0 bridgehead atoms. The van der Waals surface area contributed by atoms with Crippen molar-refractivity contribution in [3.05, 3.63) is 5.82 Å². The first kappa shape index (κ1) is 8.99. The van der Waals surface area contributed by atoms with Crippen molar-refractivity contribution in [2.75, 3.05) is 19.0 Å². The Morgan fingerprint density at radius 1 is 1.42 bits per heavy atom. The van der Waals surface area contributed by atoms with Crippen LogP contribution in [0.25, 0.3) is 0 Å². The first-order valence-electron chi connectivity index (χ1n) is 3.80. The van der Waals surface area contributed by atoms with Gasteiger partial charge in [-0.15, -0.1) is 5.10 Å². The van der Waals surface area contributed by atoms with Gasteiger partial charge in [0.25, 0.3) is 0 Å². The van der Waals surface area contributed by atoms with E-state index in [9.17, 15) is 0 Å². The molecule has 0 aliphatic rings. The van der Waals surface area contributed by atoms with Crippen LogP contribution >= 0.6 is 0 Å². The fraction of sp³-hybridized carbons (Fsp3) is 0.714. The lowest BCUT2D eigenvalue weighted by Gasteiger charge is -2.13. The second kappa shape index (κ2) is 2.75. The number of hydrogen-bond acceptors (Lipinski definition) is 4. The molecule has 12 heavy (non-hydrogen) atoms. The summed E-state index contributed by atoms with van der Waals surface area (Å²) in [6.45, 7) is 3.76. The Morgan fingerprint density at radius 3 is 2.25 bits per heavy atom. The van der Waals surface area contributed by atoms with Gasteiger partial charge < -0.3 is 10.6 Å². The number of nitrogens with one attached hydrogen (secondary N) is 1. The van der Waals surface area contributed by atoms with Crippen LogP contribution in [-0.4, -0.2) is 29.3 Å². The Labute approximate surface area is 72.0 Å². The summed E-state index contributed by atoms with van der Waals surface area (Å²) >= 11 is 0. The first-order chi connectivity index (χ1) is 5.41. The maximum atomic E-state index is 5.82. The fourth-order valence-electron chi connectivity index (χ4n) is 0.741. The number of anilines is 1. The lowest BCUT2D eigenvalue weighted by molar-refractivity contribution is 0.516. The summed E-state index contributed by atoms with van der Waals surface area (Å²) in [6, 6.07) is 0. The number of nitrogens with zero attached hydrogens (tertiary/aromatic N) is 3. The van der Waals surface area contributed by atoms with Crippen molar-refractivity contribution in [1.29, 1.82) is 0 Å². The van der Waals surface area contributed by atoms with Crippen molar-refractivity contribution in [1.82, 2.24) is 15.2 Å². The molecule has 0 fully saturated rings. The number of aromatic amines is 1. The minimum absolute atomic E-state index is 0.457. The number of hydrogen-bond donors (Lipinski definition) is 2. The maximum absolute atomic E-state index is 5.82. The van der Waals surface area contributed by atoms with Gasteiger partial charge >= 0.3 is 0 Å². The van der Waals surface area contributed by atoms with Crippen LogP contribution in [0.15, 0.2) is 0 Å². The molecule has 3 N–H and O–H groups in total. The summed E-state index contributed by atoms with van der Waals surface area (Å²) in [5.74, 6) is 1.36. The van der Waals surface area contributed by atoms with Crippen molar-refractivity contribution in [2.24, 2.45) is 5.73 Å². The van der Waals surface area contributed by atoms with Crippen LogP contribution in [-0.2, 0) is 5.54 Å². The molecule has 1 rings (SSSR count). The van der Waals surface area contributed by atoms with Crippen LogP contribution in [0.3, 0.4) is 0 Å². The summed E-state index contributed by atoms with van der Waals surface area (Å²) in [5, 5.41) is 6.79. The molecule has 0 atom stereocenters.